The molecule has 0 aliphatic carbocycles. The van der Waals surface area contributed by atoms with Crippen LogP contribution in [0, 0.1) is 0 Å². The van der Waals surface area contributed by atoms with Gasteiger partial charge in [0.2, 0.25) is 0 Å². The first kappa shape index (κ1) is 11.2. The van der Waals surface area contributed by atoms with Crippen LogP contribution in [0.1, 0.15) is 26.0 Å². The van der Waals surface area contributed by atoms with Gasteiger partial charge in [0.05, 0.1) is 31.4 Å². The molecule has 1 aromatic heterocycles. The quantitative estimate of drug-likeness (QED) is 0.768. The van der Waals surface area contributed by atoms with Crippen LogP contribution in [0.4, 0.5) is 0 Å². The molecule has 0 aliphatic heterocycles. The van der Waals surface area contributed by atoms with Crippen molar-refractivity contribution in [3.63, 3.8) is 0 Å². The van der Waals surface area contributed by atoms with Crippen LogP contribution in [-0.4, -0.2) is 21.7 Å². The molecule has 0 saturated heterocycles. The minimum absolute atomic E-state index is 0.224. The molecule has 0 spiro atoms. The third-order valence-electron chi connectivity index (χ3n) is 2.41. The van der Waals surface area contributed by atoms with Crippen LogP contribution in [0.25, 0.3) is 0 Å². The normalized spacial score (nSPS) is 15.4. The number of ether oxygens (including phenoxy) is 1. The van der Waals surface area contributed by atoms with Crippen molar-refractivity contribution >= 4 is 0 Å². The maximum Gasteiger partial charge on any atom is 0.0946 e. The largest absolute Gasteiger partial charge is 0.373 e. The lowest BCUT2D eigenvalue weighted by molar-refractivity contribution is 0.0744. The van der Waals surface area contributed by atoms with Crippen molar-refractivity contribution in [2.75, 3.05) is 6.61 Å². The first-order valence-electron chi connectivity index (χ1n) is 4.87. The van der Waals surface area contributed by atoms with Gasteiger partial charge in [-0.1, -0.05) is 6.92 Å². The van der Waals surface area contributed by atoms with Gasteiger partial charge in [-0.15, -0.1) is 0 Å². The Morgan fingerprint density at radius 1 is 1.64 bits per heavy atom. The van der Waals surface area contributed by atoms with Crippen molar-refractivity contribution in [1.82, 2.24) is 9.55 Å². The fourth-order valence-electron chi connectivity index (χ4n) is 1.01. The number of aromatic nitrogens is 2. The zero-order valence-corrected chi connectivity index (χ0v) is 9.16. The summed E-state index contributed by atoms with van der Waals surface area (Å²) in [7, 11) is 1.95. The molecule has 14 heavy (non-hydrogen) atoms. The van der Waals surface area contributed by atoms with Crippen LogP contribution in [0.3, 0.4) is 0 Å². The molecule has 0 radical (unpaired) electrons. The van der Waals surface area contributed by atoms with Crippen molar-refractivity contribution < 1.29 is 4.74 Å². The molecule has 0 aromatic carbocycles. The highest BCUT2D eigenvalue weighted by Gasteiger charge is 2.15. The average molecular weight is 197 g/mol. The van der Waals surface area contributed by atoms with E-state index in [-0.39, 0.29) is 5.54 Å². The zero-order chi connectivity index (χ0) is 10.6. The van der Waals surface area contributed by atoms with Gasteiger partial charge in [0, 0.05) is 12.6 Å². The minimum Gasteiger partial charge on any atom is -0.373 e. The summed E-state index contributed by atoms with van der Waals surface area (Å²) < 4.78 is 7.47. The maximum atomic E-state index is 5.95. The number of hydrogen-bond acceptors (Lipinski definition) is 3. The second-order valence-electron chi connectivity index (χ2n) is 4.00. The van der Waals surface area contributed by atoms with Gasteiger partial charge in [-0.3, -0.25) is 0 Å². The Labute approximate surface area is 85.1 Å². The number of hydrogen-bond donors (Lipinski definition) is 1. The summed E-state index contributed by atoms with van der Waals surface area (Å²) in [5, 5.41) is 0. The van der Waals surface area contributed by atoms with Gasteiger partial charge < -0.3 is 15.0 Å². The van der Waals surface area contributed by atoms with Crippen LogP contribution in [-0.2, 0) is 18.4 Å². The topological polar surface area (TPSA) is 53.1 Å². The van der Waals surface area contributed by atoms with E-state index >= 15 is 0 Å². The van der Waals surface area contributed by atoms with Crippen LogP contribution in [0.5, 0.6) is 0 Å². The highest BCUT2D eigenvalue weighted by molar-refractivity contribution is 4.95. The Kier molecular flexibility index (Phi) is 3.66. The van der Waals surface area contributed by atoms with Gasteiger partial charge in [0.15, 0.2) is 0 Å². The number of nitrogens with two attached hydrogens (primary N) is 1. The molecule has 0 amide bonds. The maximum absolute atomic E-state index is 5.95. The molecule has 0 bridgehead atoms. The van der Waals surface area contributed by atoms with E-state index in [1.807, 2.05) is 18.5 Å². The van der Waals surface area contributed by atoms with Crippen molar-refractivity contribution in [3.05, 3.63) is 18.2 Å². The predicted octanol–water partition coefficient (Wildman–Crippen LogP) is 1.06. The Hall–Kier alpha value is -0.870. The summed E-state index contributed by atoms with van der Waals surface area (Å²) in [5.74, 6) is 0. The van der Waals surface area contributed by atoms with E-state index in [0.29, 0.717) is 13.2 Å². The van der Waals surface area contributed by atoms with Crippen molar-refractivity contribution in [2.24, 2.45) is 12.8 Å². The molecular formula is C10H19N3O. The molecule has 1 unspecified atom stereocenters. The van der Waals surface area contributed by atoms with Gasteiger partial charge >= 0.3 is 0 Å². The van der Waals surface area contributed by atoms with Crippen molar-refractivity contribution in [1.29, 1.82) is 0 Å². The summed E-state index contributed by atoms with van der Waals surface area (Å²) >= 11 is 0. The van der Waals surface area contributed by atoms with E-state index in [1.54, 1.807) is 12.5 Å². The molecule has 0 fully saturated rings. The van der Waals surface area contributed by atoms with Gasteiger partial charge in [-0.25, -0.2) is 4.98 Å². The molecular weight excluding hydrogens is 178 g/mol. The second kappa shape index (κ2) is 4.57. The number of rotatable bonds is 5. The van der Waals surface area contributed by atoms with E-state index < -0.39 is 0 Å². The molecule has 80 valence electrons. The van der Waals surface area contributed by atoms with E-state index in [9.17, 15) is 0 Å². The monoisotopic (exact) mass is 197 g/mol. The van der Waals surface area contributed by atoms with Gasteiger partial charge in [-0.05, 0) is 13.3 Å². The molecule has 1 rings (SSSR count). The molecule has 4 nitrogen and oxygen atoms in total. The van der Waals surface area contributed by atoms with Crippen LogP contribution in [0.2, 0.25) is 0 Å². The standard InChI is InChI=1S/C10H19N3O/c1-4-10(2,11)7-14-6-9-5-12-8-13(9)3/h5,8H,4,6-7,11H2,1-3H3. The minimum atomic E-state index is -0.224. The fourth-order valence-corrected chi connectivity index (χ4v) is 1.01. The van der Waals surface area contributed by atoms with Gasteiger partial charge in [0.1, 0.15) is 0 Å². The molecule has 1 heterocycles. The summed E-state index contributed by atoms with van der Waals surface area (Å²) in [6.45, 7) is 5.21. The third-order valence-corrected chi connectivity index (χ3v) is 2.41. The summed E-state index contributed by atoms with van der Waals surface area (Å²) in [6.07, 6.45) is 4.48. The molecule has 1 aromatic rings. The van der Waals surface area contributed by atoms with E-state index in [0.717, 1.165) is 12.1 Å². The van der Waals surface area contributed by atoms with Gasteiger partial charge in [-0.2, -0.15) is 0 Å². The lowest BCUT2D eigenvalue weighted by Gasteiger charge is -2.22. The number of nitrogens with zero attached hydrogens (tertiary/aromatic N) is 2. The Bertz CT molecular complexity index is 281. The Morgan fingerprint density at radius 2 is 2.36 bits per heavy atom. The predicted molar refractivity (Wildman–Crippen MR) is 55.7 cm³/mol. The lowest BCUT2D eigenvalue weighted by Crippen LogP contribution is -2.40. The Morgan fingerprint density at radius 3 is 2.86 bits per heavy atom. The SMILES string of the molecule is CCC(C)(N)COCc1cncn1C. The molecule has 2 N–H and O–H groups in total. The van der Waals surface area contributed by atoms with Crippen LogP contribution >= 0.6 is 0 Å². The summed E-state index contributed by atoms with van der Waals surface area (Å²) in [6, 6.07) is 0. The zero-order valence-electron chi connectivity index (χ0n) is 9.16. The van der Waals surface area contributed by atoms with E-state index in [1.165, 1.54) is 0 Å². The fraction of sp³-hybridized carbons (Fsp3) is 0.700. The van der Waals surface area contributed by atoms with E-state index in [4.69, 9.17) is 10.5 Å². The molecule has 1 atom stereocenters. The first-order valence-corrected chi connectivity index (χ1v) is 4.87. The Balaban J connectivity index is 2.32. The van der Waals surface area contributed by atoms with Gasteiger partial charge in [0.25, 0.3) is 0 Å². The number of imidazole rings is 1. The summed E-state index contributed by atoms with van der Waals surface area (Å²) in [4.78, 5) is 4.01. The first-order chi connectivity index (χ1) is 6.55. The third kappa shape index (κ3) is 3.12. The molecule has 0 aliphatic rings. The van der Waals surface area contributed by atoms with E-state index in [2.05, 4.69) is 11.9 Å². The molecule has 0 saturated carbocycles. The van der Waals surface area contributed by atoms with Crippen LogP contribution in [0.15, 0.2) is 12.5 Å². The lowest BCUT2D eigenvalue weighted by atomic mass is 10.0. The van der Waals surface area contributed by atoms with Crippen LogP contribution < -0.4 is 5.73 Å². The highest BCUT2D eigenvalue weighted by Crippen LogP contribution is 2.07. The smallest absolute Gasteiger partial charge is 0.0946 e. The van der Waals surface area contributed by atoms with Crippen molar-refractivity contribution in [3.8, 4) is 0 Å². The molecule has 4 heteroatoms. The highest BCUT2D eigenvalue weighted by atomic mass is 16.5. The second-order valence-corrected chi connectivity index (χ2v) is 4.00. The average Bonchev–Trinajstić information content (AvgIpc) is 2.52. The van der Waals surface area contributed by atoms with Crippen molar-refractivity contribution in [2.45, 2.75) is 32.4 Å². The summed E-state index contributed by atoms with van der Waals surface area (Å²) in [5.41, 5.74) is 6.79. The number of aryl methyl sites for hydroxylation is 1.